The third-order valence-electron chi connectivity index (χ3n) is 3.12. The van der Waals surface area contributed by atoms with Gasteiger partial charge in [-0.15, -0.1) is 0 Å². The van der Waals surface area contributed by atoms with Crippen LogP contribution in [0.4, 0.5) is 0 Å². The normalized spacial score (nSPS) is 10.6. The van der Waals surface area contributed by atoms with Crippen molar-refractivity contribution in [2.75, 3.05) is 0 Å². The van der Waals surface area contributed by atoms with Gasteiger partial charge in [0.25, 0.3) is 0 Å². The monoisotopic (exact) mass is 279 g/mol. The molecule has 3 nitrogen and oxygen atoms in total. The number of hydrogen-bond donors (Lipinski definition) is 0. The Morgan fingerprint density at radius 1 is 1.20 bits per heavy atom. The molecule has 0 aliphatic heterocycles. The Kier molecular flexibility index (Phi) is 3.44. The fourth-order valence-corrected chi connectivity index (χ4v) is 2.96. The van der Waals surface area contributed by atoms with Crippen molar-refractivity contribution in [3.8, 4) is 6.07 Å². The van der Waals surface area contributed by atoms with Crippen LogP contribution in [0.3, 0.4) is 0 Å². The summed E-state index contributed by atoms with van der Waals surface area (Å²) in [6.07, 6.45) is 1.87. The van der Waals surface area contributed by atoms with Crippen LogP contribution in [0.2, 0.25) is 0 Å². The molecule has 20 heavy (non-hydrogen) atoms. The fraction of sp³-hybridized carbons (Fsp3) is 0.125. The van der Waals surface area contributed by atoms with Crippen LogP contribution in [-0.4, -0.2) is 9.61 Å². The van der Waals surface area contributed by atoms with Gasteiger partial charge in [-0.25, -0.2) is 4.52 Å². The van der Waals surface area contributed by atoms with Gasteiger partial charge >= 0.3 is 0 Å². The first kappa shape index (κ1) is 12.8. The van der Waals surface area contributed by atoms with Crippen molar-refractivity contribution in [1.82, 2.24) is 9.61 Å². The third kappa shape index (κ3) is 2.40. The van der Waals surface area contributed by atoms with Gasteiger partial charge in [0.1, 0.15) is 16.7 Å². The fourth-order valence-electron chi connectivity index (χ4n) is 2.02. The zero-order valence-electron chi connectivity index (χ0n) is 11.1. The SMILES string of the molecule is Cc1ccc(CSc2nn3ccccc3c2C#N)cc1. The van der Waals surface area contributed by atoms with Gasteiger partial charge in [-0.2, -0.15) is 10.4 Å². The molecule has 2 aromatic heterocycles. The molecule has 0 aliphatic carbocycles. The van der Waals surface area contributed by atoms with Crippen molar-refractivity contribution in [3.05, 3.63) is 65.4 Å². The van der Waals surface area contributed by atoms with Crippen molar-refractivity contribution in [1.29, 1.82) is 5.26 Å². The summed E-state index contributed by atoms with van der Waals surface area (Å²) in [5.41, 5.74) is 4.01. The maximum Gasteiger partial charge on any atom is 0.137 e. The van der Waals surface area contributed by atoms with E-state index in [1.54, 1.807) is 16.3 Å². The Labute approximate surface area is 121 Å². The lowest BCUT2D eigenvalue weighted by atomic mass is 10.2. The van der Waals surface area contributed by atoms with Gasteiger partial charge in [0.2, 0.25) is 0 Å². The van der Waals surface area contributed by atoms with E-state index in [9.17, 15) is 5.26 Å². The van der Waals surface area contributed by atoms with Gasteiger partial charge < -0.3 is 0 Å². The van der Waals surface area contributed by atoms with Gasteiger partial charge in [-0.3, -0.25) is 0 Å². The van der Waals surface area contributed by atoms with Crippen molar-refractivity contribution >= 4 is 17.3 Å². The molecule has 0 unspecified atom stereocenters. The van der Waals surface area contributed by atoms with Crippen LogP contribution in [0.25, 0.3) is 5.52 Å². The first-order valence-corrected chi connectivity index (χ1v) is 7.32. The molecule has 0 fully saturated rings. The number of rotatable bonds is 3. The number of aromatic nitrogens is 2. The molecule has 2 heterocycles. The zero-order valence-corrected chi connectivity index (χ0v) is 11.9. The number of aryl methyl sites for hydroxylation is 1. The molecule has 0 spiro atoms. The third-order valence-corrected chi connectivity index (χ3v) is 4.15. The standard InChI is InChI=1S/C16H13N3S/c1-12-5-7-13(8-6-12)11-20-16-14(10-17)15-4-2-3-9-19(15)18-16/h2-9H,11H2,1H3. The molecule has 0 radical (unpaired) electrons. The van der Waals surface area contributed by atoms with Crippen LogP contribution in [0.1, 0.15) is 16.7 Å². The van der Waals surface area contributed by atoms with E-state index in [2.05, 4.69) is 42.4 Å². The lowest BCUT2D eigenvalue weighted by molar-refractivity contribution is 0.899. The summed E-state index contributed by atoms with van der Waals surface area (Å²) >= 11 is 1.60. The summed E-state index contributed by atoms with van der Waals surface area (Å²) in [6.45, 7) is 2.08. The first-order valence-electron chi connectivity index (χ1n) is 6.34. The maximum atomic E-state index is 9.32. The van der Waals surface area contributed by atoms with Crippen molar-refractivity contribution in [2.24, 2.45) is 0 Å². The summed E-state index contributed by atoms with van der Waals surface area (Å²) in [5.74, 6) is 0.818. The second-order valence-electron chi connectivity index (χ2n) is 4.60. The highest BCUT2D eigenvalue weighted by atomic mass is 32.2. The minimum absolute atomic E-state index is 0.655. The average Bonchev–Trinajstić information content (AvgIpc) is 2.84. The smallest absolute Gasteiger partial charge is 0.137 e. The minimum Gasteiger partial charge on any atom is -0.238 e. The largest absolute Gasteiger partial charge is 0.238 e. The number of nitriles is 1. The molecule has 0 N–H and O–H groups in total. The van der Waals surface area contributed by atoms with E-state index >= 15 is 0 Å². The molecule has 0 amide bonds. The van der Waals surface area contributed by atoms with Crippen molar-refractivity contribution in [2.45, 2.75) is 17.7 Å². The van der Waals surface area contributed by atoms with E-state index in [1.165, 1.54) is 11.1 Å². The summed E-state index contributed by atoms with van der Waals surface area (Å²) in [6, 6.07) is 16.4. The molecular formula is C16H13N3S. The van der Waals surface area contributed by atoms with E-state index in [-0.39, 0.29) is 0 Å². The van der Waals surface area contributed by atoms with Crippen LogP contribution < -0.4 is 0 Å². The summed E-state index contributed by atoms with van der Waals surface area (Å²) < 4.78 is 1.76. The highest BCUT2D eigenvalue weighted by molar-refractivity contribution is 7.98. The second-order valence-corrected chi connectivity index (χ2v) is 5.56. The Morgan fingerprint density at radius 2 is 2.00 bits per heavy atom. The lowest BCUT2D eigenvalue weighted by Gasteiger charge is -2.00. The summed E-state index contributed by atoms with van der Waals surface area (Å²) in [4.78, 5) is 0. The van der Waals surface area contributed by atoms with E-state index in [0.29, 0.717) is 5.56 Å². The van der Waals surface area contributed by atoms with Crippen LogP contribution in [0.15, 0.2) is 53.7 Å². The van der Waals surface area contributed by atoms with Gasteiger partial charge in [0.15, 0.2) is 0 Å². The Balaban J connectivity index is 1.87. The number of benzene rings is 1. The average molecular weight is 279 g/mol. The number of hydrogen-bond acceptors (Lipinski definition) is 3. The molecule has 0 saturated heterocycles. The first-order chi connectivity index (χ1) is 9.78. The van der Waals surface area contributed by atoms with Crippen LogP contribution in [-0.2, 0) is 5.75 Å². The van der Waals surface area contributed by atoms with Gasteiger partial charge in [-0.05, 0) is 24.6 Å². The summed E-state index contributed by atoms with van der Waals surface area (Å²) in [7, 11) is 0. The van der Waals surface area contributed by atoms with Gasteiger partial charge in [0, 0.05) is 11.9 Å². The predicted octanol–water partition coefficient (Wildman–Crippen LogP) is 3.81. The second kappa shape index (κ2) is 5.40. The minimum atomic E-state index is 0.655. The number of thioether (sulfide) groups is 1. The van der Waals surface area contributed by atoms with E-state index in [1.807, 2.05) is 24.4 Å². The van der Waals surface area contributed by atoms with E-state index in [0.717, 1.165) is 16.3 Å². The molecular weight excluding hydrogens is 266 g/mol. The molecule has 4 heteroatoms. The van der Waals surface area contributed by atoms with Crippen LogP contribution >= 0.6 is 11.8 Å². The molecule has 3 rings (SSSR count). The van der Waals surface area contributed by atoms with Crippen LogP contribution in [0, 0.1) is 18.3 Å². The molecule has 1 aromatic carbocycles. The maximum absolute atomic E-state index is 9.32. The lowest BCUT2D eigenvalue weighted by Crippen LogP contribution is -1.85. The zero-order chi connectivity index (χ0) is 13.9. The molecule has 0 saturated carbocycles. The number of fused-ring (bicyclic) bond motifs is 1. The molecule has 98 valence electrons. The quantitative estimate of drug-likeness (QED) is 0.685. The Hall–Kier alpha value is -2.25. The highest BCUT2D eigenvalue weighted by Gasteiger charge is 2.12. The molecule has 3 aromatic rings. The van der Waals surface area contributed by atoms with Crippen molar-refractivity contribution in [3.63, 3.8) is 0 Å². The Bertz CT molecular complexity index is 782. The number of pyridine rings is 1. The topological polar surface area (TPSA) is 41.1 Å². The molecule has 0 bridgehead atoms. The highest BCUT2D eigenvalue weighted by Crippen LogP contribution is 2.27. The Morgan fingerprint density at radius 3 is 2.75 bits per heavy atom. The van der Waals surface area contributed by atoms with Gasteiger partial charge in [-0.1, -0.05) is 47.7 Å². The van der Waals surface area contributed by atoms with Gasteiger partial charge in [0.05, 0.1) is 5.52 Å². The van der Waals surface area contributed by atoms with E-state index in [4.69, 9.17) is 0 Å². The molecule has 0 aliphatic rings. The van der Waals surface area contributed by atoms with Crippen molar-refractivity contribution < 1.29 is 0 Å². The molecule has 0 atom stereocenters. The van der Waals surface area contributed by atoms with Crippen LogP contribution in [0.5, 0.6) is 0 Å². The predicted molar refractivity (Wildman–Crippen MR) is 80.6 cm³/mol. The number of nitrogens with zero attached hydrogens (tertiary/aromatic N) is 3. The summed E-state index contributed by atoms with van der Waals surface area (Å²) in [5, 5.41) is 14.6. The van der Waals surface area contributed by atoms with E-state index < -0.39 is 0 Å².